The van der Waals surface area contributed by atoms with Crippen molar-refractivity contribution < 1.29 is 9.90 Å². The second-order valence-electron chi connectivity index (χ2n) is 6.53. The highest BCUT2D eigenvalue weighted by molar-refractivity contribution is 6.30. The van der Waals surface area contributed by atoms with E-state index in [-0.39, 0.29) is 16.8 Å². The van der Waals surface area contributed by atoms with Gasteiger partial charge in [-0.2, -0.15) is 0 Å². The van der Waals surface area contributed by atoms with Crippen LogP contribution in [-0.4, -0.2) is 21.6 Å². The van der Waals surface area contributed by atoms with Crippen LogP contribution in [0.1, 0.15) is 61.4 Å². The summed E-state index contributed by atoms with van der Waals surface area (Å²) in [4.78, 5) is 24.3. The van der Waals surface area contributed by atoms with Gasteiger partial charge in [0.25, 0.3) is 11.5 Å². The fraction of sp³-hybridized carbons (Fsp3) is 0.429. The summed E-state index contributed by atoms with van der Waals surface area (Å²) in [6.07, 6.45) is 3.73. The summed E-state index contributed by atoms with van der Waals surface area (Å²) < 4.78 is 1.10. The van der Waals surface area contributed by atoms with Gasteiger partial charge in [0.2, 0.25) is 0 Å². The van der Waals surface area contributed by atoms with Gasteiger partial charge in [-0.3, -0.25) is 14.2 Å². The first-order valence-electron chi connectivity index (χ1n) is 9.41. The van der Waals surface area contributed by atoms with Crippen LogP contribution in [0.2, 0.25) is 5.15 Å². The van der Waals surface area contributed by atoms with E-state index in [1.807, 2.05) is 32.0 Å². The molecule has 0 bridgehead atoms. The normalized spacial score (nSPS) is 19.0. The Labute approximate surface area is 165 Å². The minimum Gasteiger partial charge on any atom is -0.502 e. The van der Waals surface area contributed by atoms with E-state index in [4.69, 9.17) is 11.6 Å². The van der Waals surface area contributed by atoms with Crippen molar-refractivity contribution in [2.75, 3.05) is 0 Å². The van der Waals surface area contributed by atoms with Crippen molar-refractivity contribution >= 4 is 17.5 Å². The Hall–Kier alpha value is -2.27. The van der Waals surface area contributed by atoms with E-state index in [0.717, 1.165) is 30.3 Å². The molecule has 2 N–H and O–H groups in total. The van der Waals surface area contributed by atoms with Crippen molar-refractivity contribution in [2.45, 2.75) is 51.5 Å². The van der Waals surface area contributed by atoms with Crippen molar-refractivity contribution in [3.63, 3.8) is 0 Å². The molecule has 1 saturated carbocycles. The number of carbonyl (C=O) groups excluding carboxylic acids is 1. The van der Waals surface area contributed by atoms with Gasteiger partial charge in [-0.05, 0) is 43.2 Å². The Morgan fingerprint density at radius 2 is 1.74 bits per heavy atom. The molecule has 5 nitrogen and oxygen atoms in total. The fourth-order valence-electron chi connectivity index (χ4n) is 3.39. The summed E-state index contributed by atoms with van der Waals surface area (Å²) in [6, 6.07) is 11.7. The van der Waals surface area contributed by atoms with E-state index in [2.05, 4.69) is 17.4 Å². The van der Waals surface area contributed by atoms with Crippen LogP contribution in [0.4, 0.5) is 0 Å². The first kappa shape index (κ1) is 21.0. The van der Waals surface area contributed by atoms with Crippen LogP contribution in [0, 0.1) is 0 Å². The third kappa shape index (κ3) is 4.92. The highest BCUT2D eigenvalue weighted by Gasteiger charge is 2.25. The van der Waals surface area contributed by atoms with Gasteiger partial charge in [0.1, 0.15) is 5.15 Å². The first-order chi connectivity index (χ1) is 13.0. The van der Waals surface area contributed by atoms with E-state index < -0.39 is 17.2 Å². The third-order valence-electron chi connectivity index (χ3n) is 4.92. The number of halogens is 1. The number of pyridine rings is 1. The van der Waals surface area contributed by atoms with Gasteiger partial charge in [-0.15, -0.1) is 0 Å². The zero-order valence-corrected chi connectivity index (χ0v) is 16.8. The average molecular weight is 391 g/mol. The molecule has 1 aliphatic carbocycles. The minimum atomic E-state index is -0.676. The van der Waals surface area contributed by atoms with Crippen molar-refractivity contribution in [1.82, 2.24) is 9.88 Å². The number of nitrogens with one attached hydrogen (secondary N) is 1. The lowest BCUT2D eigenvalue weighted by atomic mass is 9.82. The standard InChI is InChI=1S/C19H21ClN2O3.C2H6/c1-22-16(20)11-15(17(23)19(22)25)18(24)21-14-9-7-13(8-10-14)12-5-3-2-4-6-12;1-2/h2-6,11,13-14,23H,7-10H2,1H3,(H,21,24);1-2H3. The Bertz CT molecular complexity index is 825. The first-order valence-corrected chi connectivity index (χ1v) is 9.79. The monoisotopic (exact) mass is 390 g/mol. The van der Waals surface area contributed by atoms with Gasteiger partial charge >= 0.3 is 0 Å². The number of amides is 1. The highest BCUT2D eigenvalue weighted by atomic mass is 35.5. The number of carbonyl (C=O) groups is 1. The molecule has 0 aliphatic heterocycles. The number of rotatable bonds is 3. The van der Waals surface area contributed by atoms with Gasteiger partial charge < -0.3 is 10.4 Å². The molecule has 0 atom stereocenters. The van der Waals surface area contributed by atoms with Gasteiger partial charge in [-0.25, -0.2) is 0 Å². The molecular weight excluding hydrogens is 364 g/mol. The molecule has 2 aromatic rings. The van der Waals surface area contributed by atoms with E-state index in [1.54, 1.807) is 0 Å². The molecule has 1 aliphatic rings. The summed E-state index contributed by atoms with van der Waals surface area (Å²) >= 11 is 5.94. The quantitative estimate of drug-likeness (QED) is 0.770. The van der Waals surface area contributed by atoms with Crippen LogP contribution in [-0.2, 0) is 7.05 Å². The molecule has 1 heterocycles. The molecule has 1 amide bonds. The number of aromatic hydroxyl groups is 1. The number of hydrogen-bond donors (Lipinski definition) is 2. The number of aromatic nitrogens is 1. The SMILES string of the molecule is CC.Cn1c(Cl)cc(C(=O)NC2CCC(c3ccccc3)CC2)c(O)c1=O. The van der Waals surface area contributed by atoms with Gasteiger partial charge in [-0.1, -0.05) is 55.8 Å². The smallest absolute Gasteiger partial charge is 0.294 e. The van der Waals surface area contributed by atoms with Crippen molar-refractivity contribution in [3.05, 3.63) is 63.0 Å². The fourth-order valence-corrected chi connectivity index (χ4v) is 3.57. The maximum absolute atomic E-state index is 12.4. The minimum absolute atomic E-state index is 0.0368. The van der Waals surface area contributed by atoms with E-state index in [9.17, 15) is 14.7 Å². The Kier molecular flexibility index (Phi) is 7.48. The largest absolute Gasteiger partial charge is 0.502 e. The van der Waals surface area contributed by atoms with Gasteiger partial charge in [0.15, 0.2) is 5.75 Å². The predicted molar refractivity (Wildman–Crippen MR) is 109 cm³/mol. The van der Waals surface area contributed by atoms with Crippen molar-refractivity contribution in [3.8, 4) is 5.75 Å². The van der Waals surface area contributed by atoms with Crippen LogP contribution >= 0.6 is 11.6 Å². The van der Waals surface area contributed by atoms with Crippen LogP contribution in [0.5, 0.6) is 5.75 Å². The van der Waals surface area contributed by atoms with E-state index in [0.29, 0.717) is 5.92 Å². The lowest BCUT2D eigenvalue weighted by Gasteiger charge is -2.29. The third-order valence-corrected chi connectivity index (χ3v) is 5.29. The topological polar surface area (TPSA) is 71.3 Å². The average Bonchev–Trinajstić information content (AvgIpc) is 2.71. The molecule has 1 fully saturated rings. The van der Waals surface area contributed by atoms with E-state index >= 15 is 0 Å². The number of hydrogen-bond acceptors (Lipinski definition) is 3. The molecule has 1 aromatic carbocycles. The van der Waals surface area contributed by atoms with Crippen LogP contribution in [0.3, 0.4) is 0 Å². The zero-order valence-electron chi connectivity index (χ0n) is 16.0. The summed E-state index contributed by atoms with van der Waals surface area (Å²) in [7, 11) is 1.44. The molecule has 6 heteroatoms. The lowest BCUT2D eigenvalue weighted by molar-refractivity contribution is 0.0922. The zero-order chi connectivity index (χ0) is 20.0. The summed E-state index contributed by atoms with van der Waals surface area (Å²) in [5.41, 5.74) is 0.590. The molecule has 146 valence electrons. The van der Waals surface area contributed by atoms with E-state index in [1.165, 1.54) is 18.7 Å². The van der Waals surface area contributed by atoms with Crippen LogP contribution < -0.4 is 10.9 Å². The van der Waals surface area contributed by atoms with Crippen molar-refractivity contribution in [2.24, 2.45) is 7.05 Å². The van der Waals surface area contributed by atoms with Crippen LogP contribution in [0.15, 0.2) is 41.2 Å². The molecular formula is C21H27ClN2O3. The predicted octanol–water partition coefficient (Wildman–Crippen LogP) is 4.23. The van der Waals surface area contributed by atoms with Crippen LogP contribution in [0.25, 0.3) is 0 Å². The highest BCUT2D eigenvalue weighted by Crippen LogP contribution is 2.32. The number of nitrogens with zero attached hydrogens (tertiary/aromatic N) is 1. The second-order valence-corrected chi connectivity index (χ2v) is 6.91. The molecule has 3 rings (SSSR count). The Balaban J connectivity index is 0.00000126. The molecule has 0 radical (unpaired) electrons. The molecule has 0 saturated heterocycles. The molecule has 1 aromatic heterocycles. The van der Waals surface area contributed by atoms with Gasteiger partial charge in [0, 0.05) is 13.1 Å². The summed E-state index contributed by atoms with van der Waals surface area (Å²) in [5, 5.41) is 13.0. The van der Waals surface area contributed by atoms with Gasteiger partial charge in [0.05, 0.1) is 5.56 Å². The lowest BCUT2D eigenvalue weighted by Crippen LogP contribution is -2.38. The summed E-state index contributed by atoms with van der Waals surface area (Å²) in [6.45, 7) is 4.00. The maximum atomic E-state index is 12.4. The summed E-state index contributed by atoms with van der Waals surface area (Å²) in [5.74, 6) is -0.510. The molecule has 27 heavy (non-hydrogen) atoms. The molecule has 0 spiro atoms. The Morgan fingerprint density at radius 1 is 1.15 bits per heavy atom. The van der Waals surface area contributed by atoms with Crippen molar-refractivity contribution in [1.29, 1.82) is 0 Å². The molecule has 0 unspecified atom stereocenters. The Morgan fingerprint density at radius 3 is 2.33 bits per heavy atom. The number of benzene rings is 1. The maximum Gasteiger partial charge on any atom is 0.294 e. The second kappa shape index (κ2) is 9.60.